The molecule has 3 aliphatic heterocycles. The molecule has 8 heteroatoms. The van der Waals surface area contributed by atoms with E-state index in [9.17, 15) is 4.79 Å². The Bertz CT molecular complexity index is 1070. The third-order valence-corrected chi connectivity index (χ3v) is 7.46. The minimum absolute atomic E-state index is 0.0110. The van der Waals surface area contributed by atoms with E-state index in [0.717, 1.165) is 80.2 Å². The summed E-state index contributed by atoms with van der Waals surface area (Å²) in [5.41, 5.74) is 2.84. The zero-order valence-corrected chi connectivity index (χ0v) is 21.8. The molecule has 2 aromatic rings. The van der Waals surface area contributed by atoms with Crippen LogP contribution in [0.15, 0.2) is 29.0 Å². The molecule has 1 aliphatic carbocycles. The fourth-order valence-corrected chi connectivity index (χ4v) is 5.61. The maximum atomic E-state index is 12.2. The molecule has 190 valence electrons. The van der Waals surface area contributed by atoms with Gasteiger partial charge in [0.2, 0.25) is 0 Å². The van der Waals surface area contributed by atoms with Crippen molar-refractivity contribution in [3.63, 3.8) is 0 Å². The van der Waals surface area contributed by atoms with Gasteiger partial charge in [-0.15, -0.1) is 0 Å². The molecule has 0 bridgehead atoms. The molecule has 5 heterocycles. The number of piperazine rings is 1. The Morgan fingerprint density at radius 2 is 1.83 bits per heavy atom. The number of hydrogen-bond donors (Lipinski definition) is 2. The second kappa shape index (κ2) is 11.4. The van der Waals surface area contributed by atoms with Gasteiger partial charge in [-0.25, -0.2) is 9.97 Å². The average molecular weight is 480 g/mol. The number of nitrogens with one attached hydrogen (secondary N) is 2. The van der Waals surface area contributed by atoms with Crippen LogP contribution in [0.2, 0.25) is 0 Å². The maximum Gasteiger partial charge on any atom is 0.268 e. The second-order valence-corrected chi connectivity index (χ2v) is 9.74. The summed E-state index contributed by atoms with van der Waals surface area (Å²) in [5, 5.41) is 7.39. The van der Waals surface area contributed by atoms with Crippen molar-refractivity contribution in [2.75, 3.05) is 32.7 Å². The molecule has 1 spiro atoms. The number of allylic oxidation sites excluding steroid dienone is 1. The van der Waals surface area contributed by atoms with Crippen LogP contribution in [0.3, 0.4) is 0 Å². The fourth-order valence-electron chi connectivity index (χ4n) is 5.61. The van der Waals surface area contributed by atoms with E-state index < -0.39 is 0 Å². The van der Waals surface area contributed by atoms with Crippen LogP contribution >= 0.6 is 0 Å². The zero-order valence-electron chi connectivity index (χ0n) is 21.8. The highest BCUT2D eigenvalue weighted by Gasteiger charge is 2.41. The molecule has 0 aromatic carbocycles. The molecule has 35 heavy (non-hydrogen) atoms. The van der Waals surface area contributed by atoms with Crippen LogP contribution in [0, 0.1) is 6.92 Å². The predicted octanol–water partition coefficient (Wildman–Crippen LogP) is 3.81. The Kier molecular flexibility index (Phi) is 8.34. The summed E-state index contributed by atoms with van der Waals surface area (Å²) >= 11 is 0. The van der Waals surface area contributed by atoms with Crippen LogP contribution in [-0.2, 0) is 5.54 Å². The molecule has 1 unspecified atom stereocenters. The van der Waals surface area contributed by atoms with Crippen molar-refractivity contribution < 1.29 is 4.79 Å². The third kappa shape index (κ3) is 5.48. The Hall–Kier alpha value is -2.58. The van der Waals surface area contributed by atoms with Crippen LogP contribution in [0.1, 0.15) is 75.6 Å². The molecule has 6 rings (SSSR count). The van der Waals surface area contributed by atoms with Crippen LogP contribution < -0.4 is 10.6 Å². The first-order valence-corrected chi connectivity index (χ1v) is 13.4. The molecule has 4 aliphatic rings. The first-order valence-electron chi connectivity index (χ1n) is 13.4. The van der Waals surface area contributed by atoms with Gasteiger partial charge in [0, 0.05) is 62.3 Å². The molecule has 8 nitrogen and oxygen atoms in total. The summed E-state index contributed by atoms with van der Waals surface area (Å²) in [6.45, 7) is 13.2. The summed E-state index contributed by atoms with van der Waals surface area (Å²) < 4.78 is 2.20. The number of rotatable bonds is 1. The minimum Gasteiger partial charge on any atom is -0.348 e. The fraction of sp³-hybridized carbons (Fsp3) is 0.630. The maximum absolute atomic E-state index is 12.2. The number of aliphatic imine (C=N–C) groups is 1. The monoisotopic (exact) mass is 479 g/mol. The normalized spacial score (nSPS) is 23.4. The Balaban J connectivity index is 0.000000167. The lowest BCUT2D eigenvalue weighted by molar-refractivity contribution is 0.0833. The number of carbonyl (C=O) groups excluding carboxylic acids is 1. The number of nitrogens with zero attached hydrogens (tertiary/aromatic N) is 5. The SMILES string of the molecule is CC.CC1=CCC(N2CCNCC2)C=N1.Cc1ncc2cc3n(c2n1)C1(CCCCC1)CNC3=O. The van der Waals surface area contributed by atoms with E-state index in [1.807, 2.05) is 33.0 Å². The smallest absolute Gasteiger partial charge is 0.268 e. The highest BCUT2D eigenvalue weighted by molar-refractivity contribution is 5.99. The molecule has 2 aromatic heterocycles. The molecule has 0 radical (unpaired) electrons. The quantitative estimate of drug-likeness (QED) is 0.650. The van der Waals surface area contributed by atoms with Crippen LogP contribution in [-0.4, -0.2) is 70.3 Å². The van der Waals surface area contributed by atoms with Crippen LogP contribution in [0.5, 0.6) is 0 Å². The van der Waals surface area contributed by atoms with E-state index in [1.165, 1.54) is 19.3 Å². The van der Waals surface area contributed by atoms with Crippen molar-refractivity contribution in [1.82, 2.24) is 30.1 Å². The van der Waals surface area contributed by atoms with Crippen molar-refractivity contribution in [2.45, 2.75) is 77.8 Å². The van der Waals surface area contributed by atoms with E-state index in [1.54, 1.807) is 0 Å². The van der Waals surface area contributed by atoms with Gasteiger partial charge < -0.3 is 15.2 Å². The van der Waals surface area contributed by atoms with Crippen LogP contribution in [0.4, 0.5) is 0 Å². The Morgan fingerprint density at radius 3 is 2.51 bits per heavy atom. The van der Waals surface area contributed by atoms with Gasteiger partial charge >= 0.3 is 0 Å². The van der Waals surface area contributed by atoms with E-state index >= 15 is 0 Å². The summed E-state index contributed by atoms with van der Waals surface area (Å²) in [5.74, 6) is 0.771. The molecular formula is C27H41N7O. The molecule has 1 saturated carbocycles. The summed E-state index contributed by atoms with van der Waals surface area (Å²) in [6, 6.07) is 2.48. The lowest BCUT2D eigenvalue weighted by atomic mass is 9.80. The standard InChI is InChI=1S/C15H18N4O.C10H17N3.C2H6/c1-10-16-8-11-7-12-14(20)17-9-15(5-3-2-4-6-15)19(12)13(11)18-10;1-9-2-3-10(8-12-9)13-6-4-11-5-7-13;1-2/h7-8H,2-6,9H2,1H3,(H,17,20);2,8,10-11H,3-7H2,1H3;1-2H3. The van der Waals surface area contributed by atoms with Crippen molar-refractivity contribution in [3.05, 3.63) is 35.6 Å². The highest BCUT2D eigenvalue weighted by atomic mass is 16.2. The van der Waals surface area contributed by atoms with Crippen molar-refractivity contribution in [1.29, 1.82) is 0 Å². The van der Waals surface area contributed by atoms with E-state index in [4.69, 9.17) is 0 Å². The van der Waals surface area contributed by atoms with Gasteiger partial charge in [-0.1, -0.05) is 39.2 Å². The van der Waals surface area contributed by atoms with E-state index in [-0.39, 0.29) is 11.4 Å². The summed E-state index contributed by atoms with van der Waals surface area (Å²) in [4.78, 5) is 27.9. The minimum atomic E-state index is 0.0110. The molecule has 2 N–H and O–H groups in total. The summed E-state index contributed by atoms with van der Waals surface area (Å²) in [7, 11) is 0. The second-order valence-electron chi connectivity index (χ2n) is 9.74. The van der Waals surface area contributed by atoms with Gasteiger partial charge in [-0.2, -0.15) is 0 Å². The lowest BCUT2D eigenvalue weighted by Gasteiger charge is -2.42. The number of carbonyl (C=O) groups is 1. The number of aryl methyl sites for hydroxylation is 1. The molecule has 1 atom stereocenters. The molecule has 2 fully saturated rings. The number of aromatic nitrogens is 3. The van der Waals surface area contributed by atoms with Crippen molar-refractivity contribution in [3.8, 4) is 0 Å². The average Bonchev–Trinajstić information content (AvgIpc) is 3.30. The van der Waals surface area contributed by atoms with E-state index in [0.29, 0.717) is 6.04 Å². The van der Waals surface area contributed by atoms with Gasteiger partial charge in [0.1, 0.15) is 17.2 Å². The third-order valence-electron chi connectivity index (χ3n) is 7.46. The van der Waals surface area contributed by atoms with Crippen LogP contribution in [0.25, 0.3) is 11.0 Å². The molecule has 1 amide bonds. The Morgan fingerprint density at radius 1 is 1.09 bits per heavy atom. The van der Waals surface area contributed by atoms with E-state index in [2.05, 4.69) is 54.3 Å². The van der Waals surface area contributed by atoms with Gasteiger partial charge in [-0.05, 0) is 39.2 Å². The Labute approximate surface area is 209 Å². The largest absolute Gasteiger partial charge is 0.348 e. The first kappa shape index (κ1) is 25.5. The predicted molar refractivity (Wildman–Crippen MR) is 142 cm³/mol. The van der Waals surface area contributed by atoms with Gasteiger partial charge in [0.15, 0.2) is 0 Å². The van der Waals surface area contributed by atoms with Crippen molar-refractivity contribution >= 4 is 23.2 Å². The van der Waals surface area contributed by atoms with Gasteiger partial charge in [-0.3, -0.25) is 14.7 Å². The van der Waals surface area contributed by atoms with Gasteiger partial charge in [0.05, 0.1) is 5.54 Å². The topological polar surface area (TPSA) is 87.4 Å². The lowest BCUT2D eigenvalue weighted by Crippen LogP contribution is -2.52. The molecule has 1 saturated heterocycles. The van der Waals surface area contributed by atoms with Crippen molar-refractivity contribution in [2.24, 2.45) is 4.99 Å². The number of hydrogen-bond acceptors (Lipinski definition) is 6. The zero-order chi connectivity index (χ0) is 24.8. The summed E-state index contributed by atoms with van der Waals surface area (Å²) in [6.07, 6.45) is 13.3. The highest BCUT2D eigenvalue weighted by Crippen LogP contribution is 2.40. The number of fused-ring (bicyclic) bond motifs is 4. The number of amides is 1. The molecular weight excluding hydrogens is 438 g/mol. The first-order chi connectivity index (χ1) is 17.1. The van der Waals surface area contributed by atoms with Gasteiger partial charge in [0.25, 0.3) is 5.91 Å².